The van der Waals surface area contributed by atoms with Crippen molar-refractivity contribution in [3.05, 3.63) is 40.5 Å². The van der Waals surface area contributed by atoms with Crippen LogP contribution in [0.15, 0.2) is 24.3 Å². The van der Waals surface area contributed by atoms with E-state index in [1.54, 1.807) is 25.1 Å². The van der Waals surface area contributed by atoms with Gasteiger partial charge in [0.15, 0.2) is 0 Å². The van der Waals surface area contributed by atoms with Crippen LogP contribution in [0.3, 0.4) is 0 Å². The van der Waals surface area contributed by atoms with Crippen LogP contribution in [0.1, 0.15) is 35.3 Å². The summed E-state index contributed by atoms with van der Waals surface area (Å²) in [6.07, 6.45) is 2.48. The number of fused-ring (bicyclic) bond motifs is 1. The van der Waals surface area contributed by atoms with Crippen LogP contribution in [0.4, 0.5) is 0 Å². The molecule has 2 heterocycles. The maximum absolute atomic E-state index is 12.4. The molecule has 24 heavy (non-hydrogen) atoms. The molecule has 6 heteroatoms. The maximum atomic E-state index is 12.4. The van der Waals surface area contributed by atoms with E-state index in [-0.39, 0.29) is 11.8 Å². The van der Waals surface area contributed by atoms with Crippen molar-refractivity contribution in [2.45, 2.75) is 26.2 Å². The number of aryl methyl sites for hydroxylation is 1. The number of aromatic nitrogens is 1. The summed E-state index contributed by atoms with van der Waals surface area (Å²) in [6.45, 7) is 3.81. The predicted octanol–water partition coefficient (Wildman–Crippen LogP) is 2.94. The summed E-state index contributed by atoms with van der Waals surface area (Å²) < 4.78 is 0. The monoisotopic (exact) mass is 345 g/mol. The lowest BCUT2D eigenvalue weighted by molar-refractivity contribution is -0.129. The Morgan fingerprint density at radius 3 is 2.75 bits per heavy atom. The first-order valence-electron chi connectivity index (χ1n) is 8.17. The molecule has 1 aromatic carbocycles. The van der Waals surface area contributed by atoms with Crippen molar-refractivity contribution in [2.75, 3.05) is 19.6 Å². The molecule has 126 valence electrons. The lowest BCUT2D eigenvalue weighted by Crippen LogP contribution is -2.33. The van der Waals surface area contributed by atoms with Crippen molar-refractivity contribution < 1.29 is 9.59 Å². The molecule has 2 aromatic rings. The summed E-state index contributed by atoms with van der Waals surface area (Å²) in [5, 5.41) is 4.25. The highest BCUT2D eigenvalue weighted by molar-refractivity contribution is 6.31. The Bertz CT molecular complexity index is 785. The van der Waals surface area contributed by atoms with Crippen molar-refractivity contribution in [2.24, 2.45) is 0 Å². The minimum atomic E-state index is -0.212. The van der Waals surface area contributed by atoms with E-state index in [2.05, 4.69) is 10.3 Å². The molecule has 0 aliphatic carbocycles. The molecule has 1 N–H and O–H groups in total. The molecule has 0 spiro atoms. The van der Waals surface area contributed by atoms with E-state index in [9.17, 15) is 9.59 Å². The fraction of sp³-hybridized carbons (Fsp3) is 0.389. The number of nitrogens with one attached hydrogen (secondary N) is 1. The Morgan fingerprint density at radius 2 is 2.00 bits per heavy atom. The number of likely N-dealkylation sites (tertiary alicyclic amines) is 1. The van der Waals surface area contributed by atoms with Gasteiger partial charge < -0.3 is 10.2 Å². The summed E-state index contributed by atoms with van der Waals surface area (Å²) >= 11 is 6.00. The number of benzene rings is 1. The topological polar surface area (TPSA) is 62.3 Å². The van der Waals surface area contributed by atoms with Gasteiger partial charge in [-0.05, 0) is 44.0 Å². The summed E-state index contributed by atoms with van der Waals surface area (Å²) in [5.74, 6) is -0.107. The molecule has 0 unspecified atom stereocenters. The highest BCUT2D eigenvalue weighted by atomic mass is 35.5. The van der Waals surface area contributed by atoms with Crippen LogP contribution in [0.5, 0.6) is 0 Å². The third-order valence-corrected chi connectivity index (χ3v) is 4.53. The number of hydrogen-bond acceptors (Lipinski definition) is 3. The predicted molar refractivity (Wildman–Crippen MR) is 94.3 cm³/mol. The lowest BCUT2D eigenvalue weighted by atomic mass is 10.1. The van der Waals surface area contributed by atoms with Gasteiger partial charge in [0.1, 0.15) is 0 Å². The molecule has 1 aromatic heterocycles. The van der Waals surface area contributed by atoms with E-state index in [1.165, 1.54) is 0 Å². The number of carbonyl (C=O) groups excluding carboxylic acids is 2. The normalized spacial score (nSPS) is 14.2. The zero-order valence-corrected chi connectivity index (χ0v) is 14.4. The van der Waals surface area contributed by atoms with Gasteiger partial charge in [0.05, 0.1) is 16.8 Å². The average molecular weight is 346 g/mol. The first-order chi connectivity index (χ1) is 11.5. The highest BCUT2D eigenvalue weighted by Crippen LogP contribution is 2.20. The molecule has 1 aliphatic rings. The first kappa shape index (κ1) is 16.7. The summed E-state index contributed by atoms with van der Waals surface area (Å²) in [6, 6.07) is 7.19. The Morgan fingerprint density at radius 1 is 1.25 bits per heavy atom. The van der Waals surface area contributed by atoms with Crippen molar-refractivity contribution >= 4 is 34.3 Å². The third-order valence-electron chi connectivity index (χ3n) is 4.30. The minimum Gasteiger partial charge on any atom is -0.351 e. The molecule has 5 nitrogen and oxygen atoms in total. The summed E-state index contributed by atoms with van der Waals surface area (Å²) in [4.78, 5) is 30.7. The second kappa shape index (κ2) is 7.18. The van der Waals surface area contributed by atoms with Crippen molar-refractivity contribution in [3.8, 4) is 0 Å². The average Bonchev–Trinajstić information content (AvgIpc) is 3.09. The molecule has 3 rings (SSSR count). The molecule has 1 aliphatic heterocycles. The Hall–Kier alpha value is -2.14. The quantitative estimate of drug-likeness (QED) is 0.926. The molecule has 0 radical (unpaired) electrons. The van der Waals surface area contributed by atoms with Gasteiger partial charge in [-0.3, -0.25) is 14.6 Å². The van der Waals surface area contributed by atoms with Gasteiger partial charge in [-0.15, -0.1) is 0 Å². The SMILES string of the molecule is Cc1nc2ccc(Cl)cc2cc1C(=O)NCCC(=O)N1CCCC1. The van der Waals surface area contributed by atoms with E-state index in [0.717, 1.165) is 36.8 Å². The van der Waals surface area contributed by atoms with Crippen molar-refractivity contribution in [1.82, 2.24) is 15.2 Å². The molecule has 0 atom stereocenters. The van der Waals surface area contributed by atoms with Crippen LogP contribution in [0, 0.1) is 6.92 Å². The summed E-state index contributed by atoms with van der Waals surface area (Å²) in [7, 11) is 0. The number of carbonyl (C=O) groups is 2. The number of halogens is 1. The molecule has 2 amide bonds. The molecule has 0 saturated carbocycles. The van der Waals surface area contributed by atoms with E-state index in [4.69, 9.17) is 11.6 Å². The van der Waals surface area contributed by atoms with Gasteiger partial charge in [-0.2, -0.15) is 0 Å². The zero-order chi connectivity index (χ0) is 17.1. The van der Waals surface area contributed by atoms with Crippen LogP contribution >= 0.6 is 11.6 Å². The van der Waals surface area contributed by atoms with Crippen molar-refractivity contribution in [1.29, 1.82) is 0 Å². The van der Waals surface area contributed by atoms with Crippen LogP contribution in [-0.4, -0.2) is 41.3 Å². The standard InChI is InChI=1S/C18H20ClN3O2/c1-12-15(11-13-10-14(19)4-5-16(13)21-12)18(24)20-7-6-17(23)22-8-2-3-9-22/h4-5,10-11H,2-3,6-9H2,1H3,(H,20,24). The third kappa shape index (κ3) is 3.67. The largest absolute Gasteiger partial charge is 0.351 e. The van der Waals surface area contributed by atoms with Crippen LogP contribution in [0.2, 0.25) is 5.02 Å². The lowest BCUT2D eigenvalue weighted by Gasteiger charge is -2.15. The van der Waals surface area contributed by atoms with Gasteiger partial charge in [-0.25, -0.2) is 0 Å². The fourth-order valence-corrected chi connectivity index (χ4v) is 3.16. The number of rotatable bonds is 4. The van der Waals surface area contributed by atoms with Crippen LogP contribution in [-0.2, 0) is 4.79 Å². The second-order valence-electron chi connectivity index (χ2n) is 6.05. The van der Waals surface area contributed by atoms with Crippen LogP contribution < -0.4 is 5.32 Å². The number of hydrogen-bond donors (Lipinski definition) is 1. The second-order valence-corrected chi connectivity index (χ2v) is 6.49. The van der Waals surface area contributed by atoms with E-state index in [0.29, 0.717) is 29.2 Å². The zero-order valence-electron chi connectivity index (χ0n) is 13.6. The molecule has 1 fully saturated rings. The first-order valence-corrected chi connectivity index (χ1v) is 8.55. The molecular weight excluding hydrogens is 326 g/mol. The number of amides is 2. The molecule has 1 saturated heterocycles. The van der Waals surface area contributed by atoms with Gasteiger partial charge >= 0.3 is 0 Å². The van der Waals surface area contributed by atoms with Gasteiger partial charge in [0, 0.05) is 36.5 Å². The fourth-order valence-electron chi connectivity index (χ4n) is 2.98. The number of nitrogens with zero attached hydrogens (tertiary/aromatic N) is 2. The summed E-state index contributed by atoms with van der Waals surface area (Å²) in [5.41, 5.74) is 1.98. The molecular formula is C18H20ClN3O2. The Balaban J connectivity index is 1.65. The Labute approximate surface area is 146 Å². The van der Waals surface area contributed by atoms with Crippen molar-refractivity contribution in [3.63, 3.8) is 0 Å². The van der Waals surface area contributed by atoms with Gasteiger partial charge in [-0.1, -0.05) is 11.6 Å². The Kier molecular flexibility index (Phi) is 5.00. The van der Waals surface area contributed by atoms with Gasteiger partial charge in [0.2, 0.25) is 5.91 Å². The highest BCUT2D eigenvalue weighted by Gasteiger charge is 2.18. The maximum Gasteiger partial charge on any atom is 0.253 e. The van der Waals surface area contributed by atoms with E-state index >= 15 is 0 Å². The molecule has 0 bridgehead atoms. The smallest absolute Gasteiger partial charge is 0.253 e. The number of pyridine rings is 1. The van der Waals surface area contributed by atoms with E-state index in [1.807, 2.05) is 11.0 Å². The van der Waals surface area contributed by atoms with E-state index < -0.39 is 0 Å². The van der Waals surface area contributed by atoms with Crippen LogP contribution in [0.25, 0.3) is 10.9 Å². The minimum absolute atomic E-state index is 0.105. The van der Waals surface area contributed by atoms with Gasteiger partial charge in [0.25, 0.3) is 5.91 Å².